The number of anilines is 2. The summed E-state index contributed by atoms with van der Waals surface area (Å²) in [5, 5.41) is 10.3. The Bertz CT molecular complexity index is 978. The lowest BCUT2D eigenvalue weighted by Gasteiger charge is -2.38. The van der Waals surface area contributed by atoms with Gasteiger partial charge in [0.25, 0.3) is 5.91 Å². The lowest BCUT2D eigenvalue weighted by Crippen LogP contribution is -2.53. The summed E-state index contributed by atoms with van der Waals surface area (Å²) in [5.41, 5.74) is 2.37. The van der Waals surface area contributed by atoms with Crippen LogP contribution in [0.3, 0.4) is 0 Å². The largest absolute Gasteiger partial charge is 0.322 e. The van der Waals surface area contributed by atoms with Crippen molar-refractivity contribution in [1.29, 1.82) is 0 Å². The first-order chi connectivity index (χ1) is 12.1. The third-order valence-corrected chi connectivity index (χ3v) is 4.36. The number of H-pyrrole nitrogens is 1. The Morgan fingerprint density at radius 3 is 2.84 bits per heavy atom. The fraction of sp³-hybridized carbons (Fsp3) is 0.222. The molecule has 126 valence electrons. The summed E-state index contributed by atoms with van der Waals surface area (Å²) in [6, 6.07) is 8.47. The van der Waals surface area contributed by atoms with Crippen molar-refractivity contribution >= 4 is 34.2 Å². The lowest BCUT2D eigenvalue weighted by atomic mass is 9.96. The molecule has 4 rings (SSSR count). The highest BCUT2D eigenvalue weighted by Crippen LogP contribution is 2.35. The zero-order valence-electron chi connectivity index (χ0n) is 13.9. The average molecular weight is 335 g/mol. The zero-order valence-corrected chi connectivity index (χ0v) is 13.9. The van der Waals surface area contributed by atoms with E-state index in [9.17, 15) is 9.59 Å². The number of nitrogens with zero attached hydrogens (tertiary/aromatic N) is 3. The second-order valence-corrected chi connectivity index (χ2v) is 6.40. The summed E-state index contributed by atoms with van der Waals surface area (Å²) in [6.07, 6.45) is 3.13. The number of para-hydroxylation sites is 2. The predicted octanol–water partition coefficient (Wildman–Crippen LogP) is 2.58. The molecule has 0 spiro atoms. The molecule has 2 amide bonds. The fourth-order valence-electron chi connectivity index (χ4n) is 3.19. The maximum absolute atomic E-state index is 13.3. The van der Waals surface area contributed by atoms with Crippen LogP contribution in [0.4, 0.5) is 11.4 Å². The topological polar surface area (TPSA) is 91.0 Å². The Kier molecular flexibility index (Phi) is 3.49. The first-order valence-corrected chi connectivity index (χ1v) is 8.09. The summed E-state index contributed by atoms with van der Waals surface area (Å²) in [5.74, 6) is -0.473. The summed E-state index contributed by atoms with van der Waals surface area (Å²) in [6.45, 7) is 3.85. The highest BCUT2D eigenvalue weighted by atomic mass is 16.2. The van der Waals surface area contributed by atoms with Gasteiger partial charge in [-0.25, -0.2) is 4.98 Å². The number of nitrogens with one attached hydrogen (secondary N) is 2. The zero-order chi connectivity index (χ0) is 17.6. The molecule has 2 N–H and O–H groups in total. The first-order valence-electron chi connectivity index (χ1n) is 8.09. The van der Waals surface area contributed by atoms with E-state index < -0.39 is 6.04 Å². The van der Waals surface area contributed by atoms with Gasteiger partial charge in [-0.1, -0.05) is 26.0 Å². The molecule has 2 aromatic heterocycles. The number of rotatable bonds is 2. The molecule has 0 bridgehead atoms. The van der Waals surface area contributed by atoms with Gasteiger partial charge in [-0.15, -0.1) is 0 Å². The van der Waals surface area contributed by atoms with E-state index in [-0.39, 0.29) is 17.7 Å². The number of aromatic nitrogens is 3. The molecule has 7 nitrogen and oxygen atoms in total. The molecule has 0 radical (unpaired) electrons. The molecular formula is C18H17N5O2. The van der Waals surface area contributed by atoms with E-state index in [1.54, 1.807) is 23.2 Å². The molecule has 1 aliphatic heterocycles. The summed E-state index contributed by atoms with van der Waals surface area (Å²) >= 11 is 0. The van der Waals surface area contributed by atoms with Crippen LogP contribution in [0.15, 0.2) is 42.7 Å². The van der Waals surface area contributed by atoms with Crippen molar-refractivity contribution in [3.05, 3.63) is 48.3 Å². The standard InChI is InChI=1S/C18H17N5O2/c1-10(2)15-17(24)21-13-5-3-4-6-14(13)23(15)18(25)12-7-11-9-20-22-16(11)19-8-12/h3-10,15H,1-2H3,(H,21,24)(H,19,20,22). The summed E-state index contributed by atoms with van der Waals surface area (Å²) in [7, 11) is 0. The average Bonchev–Trinajstić information content (AvgIpc) is 3.07. The molecule has 0 aliphatic carbocycles. The molecule has 3 aromatic rings. The van der Waals surface area contributed by atoms with E-state index in [2.05, 4.69) is 20.5 Å². The summed E-state index contributed by atoms with van der Waals surface area (Å²) < 4.78 is 0. The number of benzene rings is 1. The van der Waals surface area contributed by atoms with Crippen LogP contribution in [-0.4, -0.2) is 33.0 Å². The van der Waals surface area contributed by atoms with Crippen molar-refractivity contribution < 1.29 is 9.59 Å². The normalized spacial score (nSPS) is 16.8. The predicted molar refractivity (Wildman–Crippen MR) is 94.4 cm³/mol. The number of hydrogen-bond donors (Lipinski definition) is 2. The molecule has 0 fully saturated rings. The van der Waals surface area contributed by atoms with Gasteiger partial charge in [0.2, 0.25) is 5.91 Å². The third-order valence-electron chi connectivity index (χ3n) is 4.36. The molecule has 1 atom stereocenters. The van der Waals surface area contributed by atoms with Crippen LogP contribution in [0.1, 0.15) is 24.2 Å². The van der Waals surface area contributed by atoms with Gasteiger partial charge < -0.3 is 5.32 Å². The molecule has 7 heteroatoms. The van der Waals surface area contributed by atoms with Gasteiger partial charge in [0.15, 0.2) is 5.65 Å². The number of carbonyl (C=O) groups excluding carboxylic acids is 2. The highest BCUT2D eigenvalue weighted by Gasteiger charge is 2.39. The van der Waals surface area contributed by atoms with E-state index in [0.717, 1.165) is 5.39 Å². The number of aromatic amines is 1. The Morgan fingerprint density at radius 1 is 1.24 bits per heavy atom. The Hall–Kier alpha value is -3.22. The third kappa shape index (κ3) is 2.44. The highest BCUT2D eigenvalue weighted by molar-refractivity contribution is 6.17. The first kappa shape index (κ1) is 15.3. The molecule has 1 aromatic carbocycles. The van der Waals surface area contributed by atoms with E-state index >= 15 is 0 Å². The Labute approximate surface area is 144 Å². The van der Waals surface area contributed by atoms with Gasteiger partial charge in [-0.3, -0.25) is 19.6 Å². The van der Waals surface area contributed by atoms with Gasteiger partial charge in [0.05, 0.1) is 23.1 Å². The number of carbonyl (C=O) groups is 2. The lowest BCUT2D eigenvalue weighted by molar-refractivity contribution is -0.118. The maximum Gasteiger partial charge on any atom is 0.260 e. The monoisotopic (exact) mass is 335 g/mol. The van der Waals surface area contributed by atoms with E-state index in [4.69, 9.17) is 0 Å². The van der Waals surface area contributed by atoms with Crippen LogP contribution in [0.2, 0.25) is 0 Å². The van der Waals surface area contributed by atoms with Crippen LogP contribution in [-0.2, 0) is 4.79 Å². The van der Waals surface area contributed by atoms with E-state index in [1.165, 1.54) is 6.20 Å². The minimum absolute atomic E-state index is 0.0390. The molecular weight excluding hydrogens is 318 g/mol. The van der Waals surface area contributed by atoms with Crippen molar-refractivity contribution in [3.63, 3.8) is 0 Å². The van der Waals surface area contributed by atoms with Crippen molar-refractivity contribution in [2.24, 2.45) is 5.92 Å². The maximum atomic E-state index is 13.3. The van der Waals surface area contributed by atoms with Gasteiger partial charge in [0, 0.05) is 11.6 Å². The number of hydrogen-bond acceptors (Lipinski definition) is 4. The second kappa shape index (κ2) is 5.70. The van der Waals surface area contributed by atoms with Crippen LogP contribution in [0.5, 0.6) is 0 Å². The molecule has 25 heavy (non-hydrogen) atoms. The minimum atomic E-state index is -0.581. The van der Waals surface area contributed by atoms with Crippen molar-refractivity contribution in [1.82, 2.24) is 15.2 Å². The molecule has 0 saturated carbocycles. The van der Waals surface area contributed by atoms with E-state index in [0.29, 0.717) is 22.6 Å². The van der Waals surface area contributed by atoms with Crippen LogP contribution in [0, 0.1) is 5.92 Å². The second-order valence-electron chi connectivity index (χ2n) is 6.40. The number of pyridine rings is 1. The Balaban J connectivity index is 1.84. The van der Waals surface area contributed by atoms with Crippen molar-refractivity contribution in [2.75, 3.05) is 10.2 Å². The van der Waals surface area contributed by atoms with Gasteiger partial charge in [0.1, 0.15) is 6.04 Å². The van der Waals surface area contributed by atoms with Crippen LogP contribution < -0.4 is 10.2 Å². The molecule has 0 saturated heterocycles. The quantitative estimate of drug-likeness (QED) is 0.753. The van der Waals surface area contributed by atoms with Crippen molar-refractivity contribution in [2.45, 2.75) is 19.9 Å². The summed E-state index contributed by atoms with van der Waals surface area (Å²) in [4.78, 5) is 31.7. The minimum Gasteiger partial charge on any atom is -0.322 e. The van der Waals surface area contributed by atoms with Crippen LogP contribution in [0.25, 0.3) is 11.0 Å². The van der Waals surface area contributed by atoms with Gasteiger partial charge in [-0.2, -0.15) is 5.10 Å². The van der Waals surface area contributed by atoms with E-state index in [1.807, 2.05) is 32.0 Å². The number of amides is 2. The molecule has 1 aliphatic rings. The van der Waals surface area contributed by atoms with Gasteiger partial charge in [-0.05, 0) is 24.1 Å². The van der Waals surface area contributed by atoms with Crippen molar-refractivity contribution in [3.8, 4) is 0 Å². The van der Waals surface area contributed by atoms with Crippen LogP contribution >= 0.6 is 0 Å². The SMILES string of the molecule is CC(C)C1C(=O)Nc2ccccc2N1C(=O)c1cnc2[nH]ncc2c1. The van der Waals surface area contributed by atoms with Gasteiger partial charge >= 0.3 is 0 Å². The number of fused-ring (bicyclic) bond motifs is 2. The Morgan fingerprint density at radius 2 is 2.04 bits per heavy atom. The molecule has 3 heterocycles. The fourth-order valence-corrected chi connectivity index (χ4v) is 3.19. The molecule has 1 unspecified atom stereocenters. The smallest absolute Gasteiger partial charge is 0.260 e.